The van der Waals surface area contributed by atoms with Crippen LogP contribution in [0.1, 0.15) is 37.2 Å². The molecule has 0 radical (unpaired) electrons. The van der Waals surface area contributed by atoms with E-state index in [-0.39, 0.29) is 5.91 Å². The van der Waals surface area contributed by atoms with E-state index in [4.69, 9.17) is 9.47 Å². The Morgan fingerprint density at radius 2 is 1.84 bits per heavy atom. The number of carbonyl (C=O) groups excluding carboxylic acids is 1. The summed E-state index contributed by atoms with van der Waals surface area (Å²) in [5.41, 5.74) is 3.01. The van der Waals surface area contributed by atoms with Gasteiger partial charge in [0.1, 0.15) is 0 Å². The monoisotopic (exact) mass is 345 g/mol. The molecule has 0 unspecified atom stereocenters. The summed E-state index contributed by atoms with van der Waals surface area (Å²) < 4.78 is 13.0. The van der Waals surface area contributed by atoms with Crippen molar-refractivity contribution in [2.75, 3.05) is 13.2 Å². The summed E-state index contributed by atoms with van der Waals surface area (Å²) in [6.45, 7) is 10.0. The van der Waals surface area contributed by atoms with Crippen molar-refractivity contribution in [1.29, 1.82) is 0 Å². The number of hydrogen-bond donors (Lipinski definition) is 1. The third kappa shape index (κ3) is 5.52. The van der Waals surface area contributed by atoms with Gasteiger partial charge in [0.2, 0.25) is 5.91 Å². The molecule has 0 fully saturated rings. The SMILES string of the molecule is CCOc1ccc(CNC(=O)CCn2nc(C)cc2C)cc1OCC. The summed E-state index contributed by atoms with van der Waals surface area (Å²) in [6.07, 6.45) is 0.400. The highest BCUT2D eigenvalue weighted by atomic mass is 16.5. The number of benzene rings is 1. The first-order chi connectivity index (χ1) is 12.0. The Labute approximate surface area is 149 Å². The van der Waals surface area contributed by atoms with Crippen molar-refractivity contribution < 1.29 is 14.3 Å². The molecule has 1 N–H and O–H groups in total. The fourth-order valence-electron chi connectivity index (χ4n) is 2.60. The molecule has 0 atom stereocenters. The largest absolute Gasteiger partial charge is 0.490 e. The maximum atomic E-state index is 12.1. The van der Waals surface area contributed by atoms with Crippen LogP contribution < -0.4 is 14.8 Å². The third-order valence-corrected chi connectivity index (χ3v) is 3.75. The Morgan fingerprint density at radius 3 is 2.48 bits per heavy atom. The molecular formula is C19H27N3O3. The number of aromatic nitrogens is 2. The highest BCUT2D eigenvalue weighted by Crippen LogP contribution is 2.28. The lowest BCUT2D eigenvalue weighted by molar-refractivity contribution is -0.121. The lowest BCUT2D eigenvalue weighted by Crippen LogP contribution is -2.24. The first kappa shape index (κ1) is 18.8. The van der Waals surface area contributed by atoms with Gasteiger partial charge >= 0.3 is 0 Å². The predicted octanol–water partition coefficient (Wildman–Crippen LogP) is 3.00. The second kappa shape index (κ2) is 9.11. The number of nitrogens with one attached hydrogen (secondary N) is 1. The van der Waals surface area contributed by atoms with E-state index in [0.29, 0.717) is 38.5 Å². The van der Waals surface area contributed by atoms with Gasteiger partial charge in [0, 0.05) is 25.2 Å². The second-order valence-electron chi connectivity index (χ2n) is 5.82. The van der Waals surface area contributed by atoms with E-state index in [2.05, 4.69) is 10.4 Å². The van der Waals surface area contributed by atoms with Crippen LogP contribution in [-0.2, 0) is 17.9 Å². The average molecular weight is 345 g/mol. The average Bonchev–Trinajstić information content (AvgIpc) is 2.91. The molecule has 0 saturated carbocycles. The van der Waals surface area contributed by atoms with Gasteiger partial charge in [-0.25, -0.2) is 0 Å². The maximum Gasteiger partial charge on any atom is 0.222 e. The minimum absolute atomic E-state index is 0.000558. The van der Waals surface area contributed by atoms with Crippen LogP contribution in [0.15, 0.2) is 24.3 Å². The second-order valence-corrected chi connectivity index (χ2v) is 5.82. The van der Waals surface area contributed by atoms with Crippen molar-refractivity contribution in [2.45, 2.75) is 47.2 Å². The van der Waals surface area contributed by atoms with Gasteiger partial charge < -0.3 is 14.8 Å². The number of carbonyl (C=O) groups is 1. The number of ether oxygens (including phenoxy) is 2. The van der Waals surface area contributed by atoms with E-state index in [1.54, 1.807) is 0 Å². The Morgan fingerprint density at radius 1 is 1.12 bits per heavy atom. The number of nitrogens with zero attached hydrogens (tertiary/aromatic N) is 2. The van der Waals surface area contributed by atoms with Crippen LogP contribution in [0, 0.1) is 13.8 Å². The van der Waals surface area contributed by atoms with E-state index >= 15 is 0 Å². The summed E-state index contributed by atoms with van der Waals surface area (Å²) in [5, 5.41) is 7.31. The number of rotatable bonds is 9. The van der Waals surface area contributed by atoms with Gasteiger partial charge in [-0.15, -0.1) is 0 Å². The molecule has 1 aromatic heterocycles. The Kier molecular flexibility index (Phi) is 6.86. The molecule has 6 heteroatoms. The smallest absolute Gasteiger partial charge is 0.222 e. The first-order valence-electron chi connectivity index (χ1n) is 8.69. The van der Waals surface area contributed by atoms with E-state index < -0.39 is 0 Å². The number of hydrogen-bond acceptors (Lipinski definition) is 4. The summed E-state index contributed by atoms with van der Waals surface area (Å²) in [4.78, 5) is 12.1. The Bertz CT molecular complexity index is 710. The van der Waals surface area contributed by atoms with Gasteiger partial charge in [0.05, 0.1) is 18.9 Å². The molecule has 1 amide bonds. The summed E-state index contributed by atoms with van der Waals surface area (Å²) in [5.74, 6) is 1.43. The zero-order valence-electron chi connectivity index (χ0n) is 15.5. The maximum absolute atomic E-state index is 12.1. The summed E-state index contributed by atoms with van der Waals surface area (Å²) >= 11 is 0. The Hall–Kier alpha value is -2.50. The fraction of sp³-hybridized carbons (Fsp3) is 0.474. The molecule has 0 spiro atoms. The Balaban J connectivity index is 1.88. The van der Waals surface area contributed by atoms with Gasteiger partial charge in [-0.3, -0.25) is 9.48 Å². The molecule has 0 saturated heterocycles. The van der Waals surface area contributed by atoms with Crippen molar-refractivity contribution in [2.24, 2.45) is 0 Å². The molecule has 0 aliphatic rings. The molecule has 2 rings (SSSR count). The molecule has 0 aliphatic heterocycles. The molecule has 136 valence electrons. The molecule has 25 heavy (non-hydrogen) atoms. The molecule has 6 nitrogen and oxygen atoms in total. The molecule has 1 heterocycles. The van der Waals surface area contributed by atoms with Gasteiger partial charge in [-0.05, 0) is 51.5 Å². The van der Waals surface area contributed by atoms with Gasteiger partial charge in [0.25, 0.3) is 0 Å². The predicted molar refractivity (Wildman–Crippen MR) is 96.9 cm³/mol. The molecule has 0 aliphatic carbocycles. The minimum Gasteiger partial charge on any atom is -0.490 e. The summed E-state index contributed by atoms with van der Waals surface area (Å²) in [6, 6.07) is 7.74. The normalized spacial score (nSPS) is 10.6. The highest BCUT2D eigenvalue weighted by Gasteiger charge is 2.08. The zero-order valence-corrected chi connectivity index (χ0v) is 15.5. The zero-order chi connectivity index (χ0) is 18.2. The van der Waals surface area contributed by atoms with Crippen LogP contribution >= 0.6 is 0 Å². The topological polar surface area (TPSA) is 65.4 Å². The van der Waals surface area contributed by atoms with E-state index in [1.165, 1.54) is 0 Å². The van der Waals surface area contributed by atoms with Gasteiger partial charge in [0.15, 0.2) is 11.5 Å². The van der Waals surface area contributed by atoms with Crippen LogP contribution in [0.4, 0.5) is 0 Å². The standard InChI is InChI=1S/C19H27N3O3/c1-5-24-17-8-7-16(12-18(17)25-6-2)13-20-19(23)9-10-22-15(4)11-14(3)21-22/h7-8,11-12H,5-6,9-10,13H2,1-4H3,(H,20,23). The summed E-state index contributed by atoms with van der Waals surface area (Å²) in [7, 11) is 0. The van der Waals surface area contributed by atoms with E-state index in [9.17, 15) is 4.79 Å². The van der Waals surface area contributed by atoms with Crippen LogP contribution in [-0.4, -0.2) is 28.9 Å². The lowest BCUT2D eigenvalue weighted by atomic mass is 10.2. The van der Waals surface area contributed by atoms with E-state index in [1.807, 2.05) is 56.6 Å². The van der Waals surface area contributed by atoms with Crippen LogP contribution in [0.5, 0.6) is 11.5 Å². The van der Waals surface area contributed by atoms with Crippen molar-refractivity contribution in [1.82, 2.24) is 15.1 Å². The van der Waals surface area contributed by atoms with Crippen molar-refractivity contribution >= 4 is 5.91 Å². The lowest BCUT2D eigenvalue weighted by Gasteiger charge is -2.13. The van der Waals surface area contributed by atoms with Crippen molar-refractivity contribution in [3.63, 3.8) is 0 Å². The van der Waals surface area contributed by atoms with Crippen molar-refractivity contribution in [3.05, 3.63) is 41.2 Å². The number of amides is 1. The van der Waals surface area contributed by atoms with Crippen LogP contribution in [0.25, 0.3) is 0 Å². The molecule has 1 aromatic carbocycles. The number of aryl methyl sites for hydroxylation is 3. The fourth-order valence-corrected chi connectivity index (χ4v) is 2.60. The van der Waals surface area contributed by atoms with Crippen LogP contribution in [0.2, 0.25) is 0 Å². The molecular weight excluding hydrogens is 318 g/mol. The molecule has 0 bridgehead atoms. The van der Waals surface area contributed by atoms with Crippen molar-refractivity contribution in [3.8, 4) is 11.5 Å². The van der Waals surface area contributed by atoms with Crippen LogP contribution in [0.3, 0.4) is 0 Å². The van der Waals surface area contributed by atoms with E-state index in [0.717, 1.165) is 22.7 Å². The first-order valence-corrected chi connectivity index (χ1v) is 8.69. The van der Waals surface area contributed by atoms with Gasteiger partial charge in [-0.1, -0.05) is 6.07 Å². The highest BCUT2D eigenvalue weighted by molar-refractivity contribution is 5.75. The molecule has 2 aromatic rings. The quantitative estimate of drug-likeness (QED) is 0.759. The third-order valence-electron chi connectivity index (χ3n) is 3.75. The minimum atomic E-state index is -0.000558. The van der Waals surface area contributed by atoms with Gasteiger partial charge in [-0.2, -0.15) is 5.10 Å².